The lowest BCUT2D eigenvalue weighted by atomic mass is 9.84. The lowest BCUT2D eigenvalue weighted by molar-refractivity contribution is -0.168. The highest BCUT2D eigenvalue weighted by atomic mass is 16.5. The van der Waals surface area contributed by atoms with Gasteiger partial charge in [0.25, 0.3) is 5.91 Å². The molecule has 0 aromatic heterocycles. The topological polar surface area (TPSA) is 53.0 Å². The lowest BCUT2D eigenvalue weighted by Gasteiger charge is -2.44. The van der Waals surface area contributed by atoms with Gasteiger partial charge in [-0.05, 0) is 19.8 Å². The highest BCUT2D eigenvalue weighted by Crippen LogP contribution is 2.30. The van der Waals surface area contributed by atoms with Gasteiger partial charge in [-0.15, -0.1) is 0 Å². The molecule has 1 saturated carbocycles. The largest absolute Gasteiger partial charge is 0.389 e. The molecule has 1 heterocycles. The number of morpholine rings is 1. The van der Waals surface area contributed by atoms with Gasteiger partial charge in [0.15, 0.2) is 5.60 Å². The van der Waals surface area contributed by atoms with Crippen molar-refractivity contribution in [3.05, 3.63) is 0 Å². The Morgan fingerprint density at radius 3 is 2.55 bits per heavy atom. The molecule has 5 heteroatoms. The quantitative estimate of drug-likeness (QED) is 0.835. The fraction of sp³-hybridized carbons (Fsp3) is 0.933. The first-order chi connectivity index (χ1) is 9.35. The molecule has 1 amide bonds. The van der Waals surface area contributed by atoms with E-state index in [1.807, 2.05) is 6.92 Å². The van der Waals surface area contributed by atoms with Gasteiger partial charge in [0, 0.05) is 33.7 Å². The Hall–Kier alpha value is -0.650. The molecule has 0 spiro atoms. The number of carbonyl (C=O) groups is 1. The van der Waals surface area contributed by atoms with Crippen molar-refractivity contribution in [3.8, 4) is 0 Å². The molecule has 1 saturated heterocycles. The smallest absolute Gasteiger partial charge is 0.255 e. The van der Waals surface area contributed by atoms with E-state index in [9.17, 15) is 9.90 Å². The van der Waals surface area contributed by atoms with Crippen LogP contribution in [0.3, 0.4) is 0 Å². The van der Waals surface area contributed by atoms with Gasteiger partial charge in [-0.2, -0.15) is 0 Å². The van der Waals surface area contributed by atoms with E-state index in [1.165, 1.54) is 6.42 Å². The second-order valence-electron chi connectivity index (χ2n) is 6.77. The summed E-state index contributed by atoms with van der Waals surface area (Å²) in [5.74, 6) is -0.00201. The van der Waals surface area contributed by atoms with Crippen LogP contribution in [0.25, 0.3) is 0 Å². The lowest BCUT2D eigenvalue weighted by Crippen LogP contribution is -2.60. The Morgan fingerprint density at radius 2 is 1.95 bits per heavy atom. The van der Waals surface area contributed by atoms with Crippen LogP contribution in [0.2, 0.25) is 0 Å². The Bertz CT molecular complexity index is 353. The molecule has 1 aliphatic carbocycles. The number of nitrogens with zero attached hydrogens (tertiary/aromatic N) is 2. The van der Waals surface area contributed by atoms with E-state index in [4.69, 9.17) is 4.74 Å². The molecule has 2 fully saturated rings. The summed E-state index contributed by atoms with van der Waals surface area (Å²) in [6, 6.07) is 0. The van der Waals surface area contributed by atoms with E-state index < -0.39 is 11.2 Å². The van der Waals surface area contributed by atoms with Crippen molar-refractivity contribution in [2.75, 3.05) is 40.3 Å². The van der Waals surface area contributed by atoms with Gasteiger partial charge in [-0.3, -0.25) is 9.69 Å². The second-order valence-corrected chi connectivity index (χ2v) is 6.77. The highest BCUT2D eigenvalue weighted by Gasteiger charge is 2.42. The Morgan fingerprint density at radius 1 is 1.30 bits per heavy atom. The van der Waals surface area contributed by atoms with E-state index in [2.05, 4.69) is 4.90 Å². The Kier molecular flexibility index (Phi) is 4.72. The van der Waals surface area contributed by atoms with Gasteiger partial charge in [0.1, 0.15) is 0 Å². The normalized spacial score (nSPS) is 31.0. The zero-order chi connectivity index (χ0) is 14.8. The van der Waals surface area contributed by atoms with Gasteiger partial charge in [-0.25, -0.2) is 0 Å². The van der Waals surface area contributed by atoms with Crippen molar-refractivity contribution in [2.24, 2.45) is 0 Å². The van der Waals surface area contributed by atoms with Gasteiger partial charge < -0.3 is 14.7 Å². The average Bonchev–Trinajstić information content (AvgIpc) is 2.38. The fourth-order valence-corrected chi connectivity index (χ4v) is 3.47. The zero-order valence-electron chi connectivity index (χ0n) is 13.0. The molecule has 0 radical (unpaired) electrons. The minimum atomic E-state index is -0.785. The number of rotatable bonds is 3. The molecule has 20 heavy (non-hydrogen) atoms. The van der Waals surface area contributed by atoms with Crippen LogP contribution in [0, 0.1) is 0 Å². The number of amides is 1. The fourth-order valence-electron chi connectivity index (χ4n) is 3.47. The van der Waals surface area contributed by atoms with Crippen LogP contribution in [-0.2, 0) is 9.53 Å². The third-order valence-corrected chi connectivity index (χ3v) is 4.51. The standard InChI is InChI=1S/C15H28N2O3/c1-14(13(18)16(2)3)11-17(9-10-20-14)12-15(19)7-5-4-6-8-15/h19H,4-12H2,1-3H3. The van der Waals surface area contributed by atoms with Crippen molar-refractivity contribution >= 4 is 5.91 Å². The van der Waals surface area contributed by atoms with Crippen LogP contribution in [0.5, 0.6) is 0 Å². The number of carbonyl (C=O) groups excluding carboxylic acids is 1. The highest BCUT2D eigenvalue weighted by molar-refractivity contribution is 5.84. The monoisotopic (exact) mass is 284 g/mol. The van der Waals surface area contributed by atoms with Crippen LogP contribution < -0.4 is 0 Å². The summed E-state index contributed by atoms with van der Waals surface area (Å²) in [6.07, 6.45) is 5.19. The molecule has 0 bridgehead atoms. The van der Waals surface area contributed by atoms with Crippen LogP contribution in [0.1, 0.15) is 39.0 Å². The molecule has 1 aliphatic heterocycles. The molecule has 0 aromatic rings. The summed E-state index contributed by atoms with van der Waals surface area (Å²) in [7, 11) is 3.51. The molecule has 1 atom stereocenters. The predicted octanol–water partition coefficient (Wildman–Crippen LogP) is 0.861. The maximum atomic E-state index is 12.2. The molecule has 0 aromatic carbocycles. The van der Waals surface area contributed by atoms with Crippen molar-refractivity contribution in [3.63, 3.8) is 0 Å². The van der Waals surface area contributed by atoms with E-state index >= 15 is 0 Å². The van der Waals surface area contributed by atoms with Crippen molar-refractivity contribution in [2.45, 2.75) is 50.2 Å². The molecule has 1 unspecified atom stereocenters. The first kappa shape index (κ1) is 15.7. The number of hydrogen-bond donors (Lipinski definition) is 1. The summed E-state index contributed by atoms with van der Waals surface area (Å²) >= 11 is 0. The molecule has 1 N–H and O–H groups in total. The minimum absolute atomic E-state index is 0.00201. The maximum Gasteiger partial charge on any atom is 0.255 e. The Balaban J connectivity index is 1.98. The molecule has 5 nitrogen and oxygen atoms in total. The zero-order valence-corrected chi connectivity index (χ0v) is 13.0. The number of aliphatic hydroxyl groups is 1. The van der Waals surface area contributed by atoms with E-state index in [0.29, 0.717) is 19.7 Å². The van der Waals surface area contributed by atoms with Crippen LogP contribution in [0.15, 0.2) is 0 Å². The van der Waals surface area contributed by atoms with Crippen molar-refractivity contribution < 1.29 is 14.6 Å². The van der Waals surface area contributed by atoms with Gasteiger partial charge >= 0.3 is 0 Å². The first-order valence-electron chi connectivity index (χ1n) is 7.65. The Labute approximate surface area is 121 Å². The van der Waals surface area contributed by atoms with Crippen molar-refractivity contribution in [1.82, 2.24) is 9.80 Å². The molecular formula is C15H28N2O3. The number of β-amino-alcohol motifs (C(OH)–C–C–N with tert-alkyl or cyclic N) is 1. The SMILES string of the molecule is CN(C)C(=O)C1(C)CN(CC2(O)CCCCC2)CCO1. The van der Waals surface area contributed by atoms with Gasteiger partial charge in [0.05, 0.1) is 12.2 Å². The van der Waals surface area contributed by atoms with E-state index in [-0.39, 0.29) is 5.91 Å². The summed E-state index contributed by atoms with van der Waals surface area (Å²) in [5, 5.41) is 10.7. The van der Waals surface area contributed by atoms with Crippen LogP contribution in [0.4, 0.5) is 0 Å². The third kappa shape index (κ3) is 3.51. The summed E-state index contributed by atoms with van der Waals surface area (Å²) in [4.78, 5) is 16.0. The predicted molar refractivity (Wildman–Crippen MR) is 77.5 cm³/mol. The third-order valence-electron chi connectivity index (χ3n) is 4.51. The second kappa shape index (κ2) is 6.00. The molecule has 2 rings (SSSR count). The number of hydrogen-bond acceptors (Lipinski definition) is 4. The van der Waals surface area contributed by atoms with Crippen LogP contribution >= 0.6 is 0 Å². The van der Waals surface area contributed by atoms with E-state index in [0.717, 1.165) is 32.2 Å². The first-order valence-corrected chi connectivity index (χ1v) is 7.65. The minimum Gasteiger partial charge on any atom is -0.389 e. The number of ether oxygens (including phenoxy) is 1. The van der Waals surface area contributed by atoms with Gasteiger partial charge in [-0.1, -0.05) is 19.3 Å². The van der Waals surface area contributed by atoms with Gasteiger partial charge in [0.2, 0.25) is 0 Å². The molecule has 2 aliphatic rings. The average molecular weight is 284 g/mol. The van der Waals surface area contributed by atoms with Crippen LogP contribution in [-0.4, -0.2) is 72.4 Å². The summed E-state index contributed by atoms with van der Waals surface area (Å²) in [6.45, 7) is 4.41. The number of likely N-dealkylation sites (N-methyl/N-ethyl adjacent to an activating group) is 1. The molecular weight excluding hydrogens is 256 g/mol. The molecule has 116 valence electrons. The maximum absolute atomic E-state index is 12.2. The van der Waals surface area contributed by atoms with Crippen molar-refractivity contribution in [1.29, 1.82) is 0 Å². The summed E-state index contributed by atoms with van der Waals surface area (Å²) in [5.41, 5.74) is -1.36. The van der Waals surface area contributed by atoms with E-state index in [1.54, 1.807) is 19.0 Å². The summed E-state index contributed by atoms with van der Waals surface area (Å²) < 4.78 is 5.73.